The van der Waals surface area contributed by atoms with Gasteiger partial charge in [-0.25, -0.2) is 0 Å². The first kappa shape index (κ1) is 8.74. The number of aliphatic hydroxyl groups is 1. The third kappa shape index (κ3) is 2.63. The Morgan fingerprint density at radius 2 is 2.09 bits per heavy atom. The zero-order valence-electron chi connectivity index (χ0n) is 6.00. The van der Waals surface area contributed by atoms with Gasteiger partial charge in [-0.2, -0.15) is 0 Å². The van der Waals surface area contributed by atoms with Crippen molar-refractivity contribution in [3.63, 3.8) is 0 Å². The minimum atomic E-state index is 0.102. The third-order valence-electron chi connectivity index (χ3n) is 1.31. The van der Waals surface area contributed by atoms with Gasteiger partial charge in [-0.15, -0.1) is 0 Å². The molecule has 0 aliphatic carbocycles. The van der Waals surface area contributed by atoms with E-state index in [9.17, 15) is 0 Å². The zero-order chi connectivity index (χ0) is 8.10. The monoisotopic (exact) mass is 260 g/mol. The van der Waals surface area contributed by atoms with Crippen LogP contribution in [0.25, 0.3) is 6.08 Å². The summed E-state index contributed by atoms with van der Waals surface area (Å²) in [6, 6.07) is 8.04. The molecule has 0 unspecified atom stereocenters. The average Bonchev–Trinajstić information content (AvgIpc) is 2.03. The molecule has 1 aromatic rings. The fraction of sp³-hybridized carbons (Fsp3) is 0.111. The number of hydrogen-bond acceptors (Lipinski definition) is 1. The van der Waals surface area contributed by atoms with E-state index in [1.165, 1.54) is 3.57 Å². The Bertz CT molecular complexity index is 255. The fourth-order valence-corrected chi connectivity index (χ4v) is 1.36. The van der Waals surface area contributed by atoms with Crippen LogP contribution in [-0.4, -0.2) is 11.7 Å². The SMILES string of the molecule is OC/C=C/c1ccccc1I. The van der Waals surface area contributed by atoms with Crippen LogP contribution < -0.4 is 0 Å². The van der Waals surface area contributed by atoms with Gasteiger partial charge in [0.25, 0.3) is 0 Å². The van der Waals surface area contributed by atoms with Crippen LogP contribution in [0.2, 0.25) is 0 Å². The van der Waals surface area contributed by atoms with Crippen LogP contribution in [0, 0.1) is 3.57 Å². The normalized spacial score (nSPS) is 10.7. The molecule has 0 atom stereocenters. The van der Waals surface area contributed by atoms with E-state index in [0.29, 0.717) is 0 Å². The highest BCUT2D eigenvalue weighted by molar-refractivity contribution is 14.1. The molecule has 0 spiro atoms. The van der Waals surface area contributed by atoms with Crippen molar-refractivity contribution >= 4 is 28.7 Å². The molecular formula is C9H9IO. The van der Waals surface area contributed by atoms with Crippen molar-refractivity contribution in [2.45, 2.75) is 0 Å². The smallest absolute Gasteiger partial charge is 0.0615 e. The molecular weight excluding hydrogens is 251 g/mol. The predicted molar refractivity (Wildman–Crippen MR) is 55.3 cm³/mol. The molecule has 0 heterocycles. The van der Waals surface area contributed by atoms with E-state index >= 15 is 0 Å². The van der Waals surface area contributed by atoms with Crippen molar-refractivity contribution in [1.29, 1.82) is 0 Å². The van der Waals surface area contributed by atoms with Crippen molar-refractivity contribution in [3.8, 4) is 0 Å². The molecule has 0 amide bonds. The third-order valence-corrected chi connectivity index (χ3v) is 2.29. The van der Waals surface area contributed by atoms with E-state index in [-0.39, 0.29) is 6.61 Å². The number of halogens is 1. The molecule has 1 rings (SSSR count). The predicted octanol–water partition coefficient (Wildman–Crippen LogP) is 2.30. The van der Waals surface area contributed by atoms with E-state index in [0.717, 1.165) is 5.56 Å². The molecule has 1 N–H and O–H groups in total. The highest BCUT2D eigenvalue weighted by Crippen LogP contribution is 2.12. The van der Waals surface area contributed by atoms with Gasteiger partial charge >= 0.3 is 0 Å². The van der Waals surface area contributed by atoms with Gasteiger partial charge in [-0.3, -0.25) is 0 Å². The Morgan fingerprint density at radius 1 is 1.36 bits per heavy atom. The van der Waals surface area contributed by atoms with Gasteiger partial charge in [0.15, 0.2) is 0 Å². The molecule has 1 aromatic carbocycles. The van der Waals surface area contributed by atoms with Gasteiger partial charge in [0.1, 0.15) is 0 Å². The van der Waals surface area contributed by atoms with Crippen molar-refractivity contribution < 1.29 is 5.11 Å². The summed E-state index contributed by atoms with van der Waals surface area (Å²) in [5, 5.41) is 8.53. The second kappa shape index (κ2) is 4.51. The summed E-state index contributed by atoms with van der Waals surface area (Å²) < 4.78 is 1.20. The number of aliphatic hydroxyl groups excluding tert-OH is 1. The lowest BCUT2D eigenvalue weighted by molar-refractivity contribution is 0.343. The van der Waals surface area contributed by atoms with E-state index in [1.54, 1.807) is 6.08 Å². The largest absolute Gasteiger partial charge is 0.392 e. The Labute approximate surface area is 79.9 Å². The van der Waals surface area contributed by atoms with Crippen LogP contribution in [-0.2, 0) is 0 Å². The lowest BCUT2D eigenvalue weighted by atomic mass is 10.2. The summed E-state index contributed by atoms with van der Waals surface area (Å²) in [7, 11) is 0. The fourth-order valence-electron chi connectivity index (χ4n) is 0.790. The molecule has 2 heteroatoms. The Hall–Kier alpha value is -0.350. The molecule has 11 heavy (non-hydrogen) atoms. The van der Waals surface area contributed by atoms with Crippen molar-refractivity contribution in [2.24, 2.45) is 0 Å². The topological polar surface area (TPSA) is 20.2 Å². The zero-order valence-corrected chi connectivity index (χ0v) is 8.15. The maximum Gasteiger partial charge on any atom is 0.0615 e. The number of benzene rings is 1. The van der Waals surface area contributed by atoms with Gasteiger partial charge in [0.2, 0.25) is 0 Å². The van der Waals surface area contributed by atoms with Gasteiger partial charge < -0.3 is 5.11 Å². The van der Waals surface area contributed by atoms with Gasteiger partial charge in [0.05, 0.1) is 6.61 Å². The molecule has 1 nitrogen and oxygen atoms in total. The first-order valence-electron chi connectivity index (χ1n) is 3.36. The molecule has 0 aliphatic rings. The van der Waals surface area contributed by atoms with Crippen molar-refractivity contribution in [2.75, 3.05) is 6.61 Å². The standard InChI is InChI=1S/C9H9IO/c10-9-6-2-1-4-8(9)5-3-7-11/h1-6,11H,7H2/b5-3+. The van der Waals surface area contributed by atoms with Crippen LogP contribution in [0.3, 0.4) is 0 Å². The Kier molecular flexibility index (Phi) is 3.59. The summed E-state index contributed by atoms with van der Waals surface area (Å²) in [5.41, 5.74) is 1.15. The Morgan fingerprint density at radius 3 is 2.73 bits per heavy atom. The van der Waals surface area contributed by atoms with Crippen LogP contribution in [0.4, 0.5) is 0 Å². The summed E-state index contributed by atoms with van der Waals surface area (Å²) in [6.45, 7) is 0.102. The van der Waals surface area contributed by atoms with Crippen LogP contribution >= 0.6 is 22.6 Å². The van der Waals surface area contributed by atoms with E-state index in [2.05, 4.69) is 22.6 Å². The first-order chi connectivity index (χ1) is 5.34. The lowest BCUT2D eigenvalue weighted by Crippen LogP contribution is -1.78. The van der Waals surface area contributed by atoms with Crippen LogP contribution in [0.1, 0.15) is 5.56 Å². The first-order valence-corrected chi connectivity index (χ1v) is 4.44. The van der Waals surface area contributed by atoms with E-state index in [1.807, 2.05) is 30.3 Å². The molecule has 58 valence electrons. The maximum absolute atomic E-state index is 8.53. The molecule has 0 aromatic heterocycles. The Balaban J connectivity index is 2.86. The highest BCUT2D eigenvalue weighted by Gasteiger charge is 1.90. The van der Waals surface area contributed by atoms with E-state index < -0.39 is 0 Å². The molecule has 0 saturated carbocycles. The molecule has 0 saturated heterocycles. The second-order valence-corrected chi connectivity index (χ2v) is 3.27. The quantitative estimate of drug-likeness (QED) is 0.809. The lowest BCUT2D eigenvalue weighted by Gasteiger charge is -1.95. The van der Waals surface area contributed by atoms with Gasteiger partial charge in [-0.1, -0.05) is 30.4 Å². The van der Waals surface area contributed by atoms with Crippen LogP contribution in [0.15, 0.2) is 30.3 Å². The molecule has 0 bridgehead atoms. The molecule has 0 radical (unpaired) electrons. The minimum absolute atomic E-state index is 0.102. The minimum Gasteiger partial charge on any atom is -0.392 e. The van der Waals surface area contributed by atoms with Crippen LogP contribution in [0.5, 0.6) is 0 Å². The number of rotatable bonds is 2. The van der Waals surface area contributed by atoms with Gasteiger partial charge in [-0.05, 0) is 34.2 Å². The average molecular weight is 260 g/mol. The second-order valence-electron chi connectivity index (χ2n) is 2.11. The van der Waals surface area contributed by atoms with Crippen molar-refractivity contribution in [1.82, 2.24) is 0 Å². The summed E-state index contributed by atoms with van der Waals surface area (Å²) in [4.78, 5) is 0. The highest BCUT2D eigenvalue weighted by atomic mass is 127. The van der Waals surface area contributed by atoms with Crippen molar-refractivity contribution in [3.05, 3.63) is 39.5 Å². The summed E-state index contributed by atoms with van der Waals surface area (Å²) >= 11 is 2.27. The maximum atomic E-state index is 8.53. The number of hydrogen-bond donors (Lipinski definition) is 1. The van der Waals surface area contributed by atoms with Gasteiger partial charge in [0, 0.05) is 3.57 Å². The van der Waals surface area contributed by atoms with E-state index in [4.69, 9.17) is 5.11 Å². The summed E-state index contributed by atoms with van der Waals surface area (Å²) in [6.07, 6.45) is 3.65. The molecule has 0 aliphatic heterocycles. The molecule has 0 fully saturated rings. The summed E-state index contributed by atoms with van der Waals surface area (Å²) in [5.74, 6) is 0.